The Morgan fingerprint density at radius 3 is 2.50 bits per heavy atom. The summed E-state index contributed by atoms with van der Waals surface area (Å²) in [7, 11) is 2.16. The van der Waals surface area contributed by atoms with E-state index in [0.29, 0.717) is 0 Å². The molecule has 7 nitrogen and oxygen atoms in total. The zero-order valence-electron chi connectivity index (χ0n) is 20.1. The molecule has 2 aliphatic rings. The van der Waals surface area contributed by atoms with Crippen LogP contribution >= 0.6 is 0 Å². The molecule has 2 aliphatic heterocycles. The SMILES string of the molecule is Cc1cc(=O)[nH]c2ccc(NC(=O)c3cc(CN4CCN(C)CC4)ccc3N3CCCC3)cc12. The Hall–Kier alpha value is -3.16. The highest BCUT2D eigenvalue weighted by atomic mass is 16.1. The van der Waals surface area contributed by atoms with Crippen molar-refractivity contribution >= 4 is 28.2 Å². The quantitative estimate of drug-likeness (QED) is 0.612. The maximum Gasteiger partial charge on any atom is 0.257 e. The maximum atomic E-state index is 13.5. The van der Waals surface area contributed by atoms with Gasteiger partial charge in [0.05, 0.1) is 5.56 Å². The lowest BCUT2D eigenvalue weighted by Crippen LogP contribution is -2.43. The average Bonchev–Trinajstić information content (AvgIpc) is 3.36. The standard InChI is InChI=1S/C27H33N5O2/c1-19-15-26(33)29-24-7-6-21(17-22(19)24)28-27(34)23-16-20(18-31-13-11-30(2)12-14-31)5-8-25(23)32-9-3-4-10-32/h5-8,15-17H,3-4,9-14,18H2,1-2H3,(H,28,34)(H,29,33). The van der Waals surface area contributed by atoms with E-state index >= 15 is 0 Å². The lowest BCUT2D eigenvalue weighted by atomic mass is 10.1. The third kappa shape index (κ3) is 4.86. The number of aromatic amines is 1. The van der Waals surface area contributed by atoms with E-state index in [9.17, 15) is 9.59 Å². The molecule has 3 aromatic rings. The van der Waals surface area contributed by atoms with Crippen molar-refractivity contribution in [2.75, 3.05) is 56.5 Å². The van der Waals surface area contributed by atoms with Gasteiger partial charge in [-0.25, -0.2) is 0 Å². The molecule has 2 aromatic carbocycles. The molecular formula is C27H33N5O2. The number of carbonyl (C=O) groups excluding carboxylic acids is 1. The van der Waals surface area contributed by atoms with E-state index in [1.54, 1.807) is 6.07 Å². The number of aryl methyl sites for hydroxylation is 1. The number of aromatic nitrogens is 1. The highest BCUT2D eigenvalue weighted by Gasteiger charge is 2.21. The number of H-pyrrole nitrogens is 1. The summed E-state index contributed by atoms with van der Waals surface area (Å²) in [6.07, 6.45) is 2.32. The first-order chi connectivity index (χ1) is 16.5. The third-order valence-electron chi connectivity index (χ3n) is 7.06. The largest absolute Gasteiger partial charge is 0.371 e. The summed E-state index contributed by atoms with van der Waals surface area (Å²) in [5, 5.41) is 4.05. The number of amides is 1. The molecule has 1 amide bonds. The number of hydrogen-bond donors (Lipinski definition) is 2. The van der Waals surface area contributed by atoms with Crippen LogP contribution in [0.2, 0.25) is 0 Å². The van der Waals surface area contributed by atoms with Gasteiger partial charge < -0.3 is 20.1 Å². The topological polar surface area (TPSA) is 71.7 Å². The molecule has 2 fully saturated rings. The number of nitrogens with one attached hydrogen (secondary N) is 2. The van der Waals surface area contributed by atoms with Gasteiger partial charge in [0.25, 0.3) is 5.91 Å². The molecule has 0 unspecified atom stereocenters. The summed E-state index contributed by atoms with van der Waals surface area (Å²) in [6, 6.07) is 13.6. The van der Waals surface area contributed by atoms with Crippen molar-refractivity contribution in [3.05, 3.63) is 69.5 Å². The van der Waals surface area contributed by atoms with Gasteiger partial charge in [0, 0.05) is 74.2 Å². The molecule has 0 atom stereocenters. The predicted molar refractivity (Wildman–Crippen MR) is 138 cm³/mol. The van der Waals surface area contributed by atoms with Gasteiger partial charge in [0.1, 0.15) is 0 Å². The van der Waals surface area contributed by atoms with Gasteiger partial charge in [0.2, 0.25) is 5.56 Å². The van der Waals surface area contributed by atoms with Crippen molar-refractivity contribution in [1.82, 2.24) is 14.8 Å². The molecule has 0 radical (unpaired) electrons. The fourth-order valence-electron chi connectivity index (χ4n) is 5.06. The first-order valence-electron chi connectivity index (χ1n) is 12.2. The summed E-state index contributed by atoms with van der Waals surface area (Å²) >= 11 is 0. The molecule has 34 heavy (non-hydrogen) atoms. The van der Waals surface area contributed by atoms with Crippen molar-refractivity contribution in [2.45, 2.75) is 26.3 Å². The predicted octanol–water partition coefficient (Wildman–Crippen LogP) is 3.44. The van der Waals surface area contributed by atoms with E-state index in [0.717, 1.165) is 92.1 Å². The second-order valence-corrected chi connectivity index (χ2v) is 9.66. The molecule has 0 spiro atoms. The zero-order valence-corrected chi connectivity index (χ0v) is 20.1. The number of benzene rings is 2. The Morgan fingerprint density at radius 1 is 0.971 bits per heavy atom. The van der Waals surface area contributed by atoms with Crippen LogP contribution in [0.5, 0.6) is 0 Å². The first-order valence-corrected chi connectivity index (χ1v) is 12.2. The smallest absolute Gasteiger partial charge is 0.257 e. The van der Waals surface area contributed by atoms with Crippen LogP contribution in [0.1, 0.15) is 34.3 Å². The van der Waals surface area contributed by atoms with Crippen LogP contribution in [0.15, 0.2) is 47.3 Å². The fraction of sp³-hybridized carbons (Fsp3) is 0.407. The maximum absolute atomic E-state index is 13.5. The van der Waals surface area contributed by atoms with Crippen molar-refractivity contribution < 1.29 is 4.79 Å². The molecule has 5 rings (SSSR count). The number of carbonyl (C=O) groups is 1. The summed E-state index contributed by atoms with van der Waals surface area (Å²) in [5.74, 6) is -0.0939. The molecule has 1 aromatic heterocycles. The van der Waals surface area contributed by atoms with Crippen LogP contribution in [-0.2, 0) is 6.54 Å². The van der Waals surface area contributed by atoms with Gasteiger partial charge in [-0.1, -0.05) is 6.07 Å². The lowest BCUT2D eigenvalue weighted by Gasteiger charge is -2.32. The molecule has 0 aliphatic carbocycles. The molecule has 0 saturated carbocycles. The number of nitrogens with zero attached hydrogens (tertiary/aromatic N) is 3. The highest BCUT2D eigenvalue weighted by Crippen LogP contribution is 2.28. The Labute approximate surface area is 200 Å². The molecular weight excluding hydrogens is 426 g/mol. The van der Waals surface area contributed by atoms with Gasteiger partial charge >= 0.3 is 0 Å². The Balaban J connectivity index is 1.42. The summed E-state index contributed by atoms with van der Waals surface area (Å²) in [4.78, 5) is 35.3. The Morgan fingerprint density at radius 2 is 1.74 bits per heavy atom. The van der Waals surface area contributed by atoms with Gasteiger partial charge in [-0.15, -0.1) is 0 Å². The second-order valence-electron chi connectivity index (χ2n) is 9.66. The summed E-state index contributed by atoms with van der Waals surface area (Å²) in [5.41, 5.74) is 5.19. The third-order valence-corrected chi connectivity index (χ3v) is 7.06. The number of piperazine rings is 1. The molecule has 3 heterocycles. The van der Waals surface area contributed by atoms with Crippen LogP contribution < -0.4 is 15.8 Å². The van der Waals surface area contributed by atoms with E-state index in [-0.39, 0.29) is 11.5 Å². The molecule has 7 heteroatoms. The minimum Gasteiger partial charge on any atom is -0.371 e. The van der Waals surface area contributed by atoms with Crippen LogP contribution in [0, 0.1) is 6.92 Å². The first kappa shape index (κ1) is 22.6. The van der Waals surface area contributed by atoms with Crippen LogP contribution in [0.4, 0.5) is 11.4 Å². The number of pyridine rings is 1. The minimum atomic E-state index is -0.116. The van der Waals surface area contributed by atoms with Crippen LogP contribution in [0.25, 0.3) is 10.9 Å². The second kappa shape index (κ2) is 9.60. The Bertz CT molecular complexity index is 1250. The molecule has 0 bridgehead atoms. The lowest BCUT2D eigenvalue weighted by molar-refractivity contribution is 0.102. The van der Waals surface area contributed by atoms with Crippen LogP contribution in [0.3, 0.4) is 0 Å². The fourth-order valence-corrected chi connectivity index (χ4v) is 5.06. The molecule has 2 N–H and O–H groups in total. The summed E-state index contributed by atoms with van der Waals surface area (Å²) in [6.45, 7) is 8.99. The number of fused-ring (bicyclic) bond motifs is 1. The monoisotopic (exact) mass is 459 g/mol. The molecule has 178 valence electrons. The van der Waals surface area contributed by atoms with Gasteiger partial charge in [-0.05, 0) is 68.3 Å². The average molecular weight is 460 g/mol. The van der Waals surface area contributed by atoms with E-state index < -0.39 is 0 Å². The summed E-state index contributed by atoms with van der Waals surface area (Å²) < 4.78 is 0. The highest BCUT2D eigenvalue weighted by molar-refractivity contribution is 6.09. The Kier molecular flexibility index (Phi) is 6.39. The van der Waals surface area contributed by atoms with Crippen LogP contribution in [-0.4, -0.2) is 67.0 Å². The van der Waals surface area contributed by atoms with Gasteiger partial charge in [0.15, 0.2) is 0 Å². The van der Waals surface area contributed by atoms with E-state index in [2.05, 4.69) is 50.2 Å². The normalized spacial score (nSPS) is 17.4. The van der Waals surface area contributed by atoms with E-state index in [1.165, 1.54) is 5.56 Å². The molecule has 2 saturated heterocycles. The van der Waals surface area contributed by atoms with Crippen molar-refractivity contribution in [3.63, 3.8) is 0 Å². The number of anilines is 2. The van der Waals surface area contributed by atoms with Crippen molar-refractivity contribution in [2.24, 2.45) is 0 Å². The van der Waals surface area contributed by atoms with Crippen molar-refractivity contribution in [3.8, 4) is 0 Å². The van der Waals surface area contributed by atoms with Crippen molar-refractivity contribution in [1.29, 1.82) is 0 Å². The number of rotatable bonds is 5. The zero-order chi connectivity index (χ0) is 23.7. The van der Waals surface area contributed by atoms with E-state index in [1.807, 2.05) is 25.1 Å². The number of likely N-dealkylation sites (N-methyl/N-ethyl adjacent to an activating group) is 1. The van der Waals surface area contributed by atoms with Gasteiger partial charge in [-0.2, -0.15) is 0 Å². The van der Waals surface area contributed by atoms with E-state index in [4.69, 9.17) is 0 Å². The number of hydrogen-bond acceptors (Lipinski definition) is 5. The van der Waals surface area contributed by atoms with Gasteiger partial charge in [-0.3, -0.25) is 14.5 Å². The minimum absolute atomic E-state index is 0.0939.